The summed E-state index contributed by atoms with van der Waals surface area (Å²) in [6.45, 7) is 1.90. The highest BCUT2D eigenvalue weighted by atomic mass is 16.5. The molecule has 3 aromatic rings. The van der Waals surface area contributed by atoms with Gasteiger partial charge in [0.1, 0.15) is 18.2 Å². The molecule has 0 fully saturated rings. The molecule has 8 heteroatoms. The normalized spacial score (nSPS) is 20.2. The standard InChI is InChI=1S/C25H32N6O2/c1-32-17-23-29-24-11-10-21(16-31(24)30-23)28-25(26-13-12-22-7-4-14-33-22)27-20-9-8-18-5-2-3-6-19(18)15-20/h2-7,14,20-21H,8-13,15-17H2,1H3,(H2,26,27,28). The van der Waals surface area contributed by atoms with Gasteiger partial charge in [-0.25, -0.2) is 9.67 Å². The molecule has 3 heterocycles. The molecule has 2 N–H and O–H groups in total. The molecule has 2 unspecified atom stereocenters. The molecule has 0 saturated carbocycles. The van der Waals surface area contributed by atoms with Crippen molar-refractivity contribution >= 4 is 5.96 Å². The molecule has 2 aromatic heterocycles. The van der Waals surface area contributed by atoms with Gasteiger partial charge >= 0.3 is 0 Å². The molecule has 1 aliphatic carbocycles. The van der Waals surface area contributed by atoms with Crippen molar-refractivity contribution in [2.75, 3.05) is 13.7 Å². The number of rotatable bonds is 7. The number of guanidine groups is 1. The third-order valence-corrected chi connectivity index (χ3v) is 6.41. The van der Waals surface area contributed by atoms with Gasteiger partial charge in [0.15, 0.2) is 11.8 Å². The van der Waals surface area contributed by atoms with Gasteiger partial charge in [-0.05, 0) is 48.9 Å². The van der Waals surface area contributed by atoms with Gasteiger partial charge in [0.2, 0.25) is 0 Å². The lowest BCUT2D eigenvalue weighted by molar-refractivity contribution is 0.177. The lowest BCUT2D eigenvalue weighted by Crippen LogP contribution is -2.51. The fourth-order valence-corrected chi connectivity index (χ4v) is 4.74. The number of methoxy groups -OCH3 is 1. The summed E-state index contributed by atoms with van der Waals surface area (Å²) in [5, 5.41) is 12.0. The Morgan fingerprint density at radius 1 is 1.12 bits per heavy atom. The van der Waals surface area contributed by atoms with Gasteiger partial charge in [0, 0.05) is 38.6 Å². The zero-order valence-corrected chi connectivity index (χ0v) is 19.2. The van der Waals surface area contributed by atoms with Gasteiger partial charge in [0.25, 0.3) is 0 Å². The molecule has 5 rings (SSSR count). The Hall–Kier alpha value is -3.13. The second kappa shape index (κ2) is 10.2. The first kappa shape index (κ1) is 21.7. The molecular formula is C25H32N6O2. The number of aliphatic imine (C=N–C) groups is 1. The van der Waals surface area contributed by atoms with E-state index in [4.69, 9.17) is 14.1 Å². The number of aromatic nitrogens is 3. The molecule has 33 heavy (non-hydrogen) atoms. The third-order valence-electron chi connectivity index (χ3n) is 6.41. The van der Waals surface area contributed by atoms with Crippen LogP contribution in [0.1, 0.15) is 41.4 Å². The maximum atomic E-state index is 5.48. The minimum Gasteiger partial charge on any atom is -0.469 e. The summed E-state index contributed by atoms with van der Waals surface area (Å²) in [6.07, 6.45) is 7.61. The second-order valence-corrected chi connectivity index (χ2v) is 8.85. The molecule has 0 spiro atoms. The number of nitrogens with one attached hydrogen (secondary N) is 2. The van der Waals surface area contributed by atoms with Crippen molar-refractivity contribution in [2.24, 2.45) is 4.99 Å². The number of aryl methyl sites for hydroxylation is 2. The molecule has 0 amide bonds. The van der Waals surface area contributed by atoms with Crippen LogP contribution < -0.4 is 10.6 Å². The minimum atomic E-state index is 0.250. The van der Waals surface area contributed by atoms with Crippen LogP contribution in [0.5, 0.6) is 0 Å². The number of ether oxygens (including phenoxy) is 1. The molecule has 0 radical (unpaired) electrons. The molecule has 174 valence electrons. The highest BCUT2D eigenvalue weighted by Crippen LogP contribution is 2.21. The summed E-state index contributed by atoms with van der Waals surface area (Å²) in [5.74, 6) is 3.62. The lowest BCUT2D eigenvalue weighted by Gasteiger charge is -2.30. The molecule has 8 nitrogen and oxygen atoms in total. The quantitative estimate of drug-likeness (QED) is 0.427. The smallest absolute Gasteiger partial charge is 0.191 e. The van der Waals surface area contributed by atoms with E-state index in [0.29, 0.717) is 19.2 Å². The highest BCUT2D eigenvalue weighted by Gasteiger charge is 2.24. The summed E-state index contributed by atoms with van der Waals surface area (Å²) < 4.78 is 12.7. The summed E-state index contributed by atoms with van der Waals surface area (Å²) in [5.41, 5.74) is 2.91. The van der Waals surface area contributed by atoms with E-state index in [0.717, 1.165) is 68.4 Å². The monoisotopic (exact) mass is 448 g/mol. The van der Waals surface area contributed by atoms with Gasteiger partial charge in [0.05, 0.1) is 12.8 Å². The third kappa shape index (κ3) is 5.45. The van der Waals surface area contributed by atoms with Crippen molar-refractivity contribution < 1.29 is 9.15 Å². The maximum Gasteiger partial charge on any atom is 0.191 e. The van der Waals surface area contributed by atoms with E-state index in [1.54, 1.807) is 13.4 Å². The summed E-state index contributed by atoms with van der Waals surface area (Å²) in [4.78, 5) is 9.49. The number of hydrogen-bond donors (Lipinski definition) is 2. The maximum absolute atomic E-state index is 5.48. The Kier molecular flexibility index (Phi) is 6.71. The molecule has 2 aliphatic rings. The van der Waals surface area contributed by atoms with Gasteiger partial charge in [-0.3, -0.25) is 4.99 Å². The van der Waals surface area contributed by atoms with E-state index in [2.05, 4.69) is 45.0 Å². The van der Waals surface area contributed by atoms with Gasteiger partial charge in [-0.1, -0.05) is 24.3 Å². The van der Waals surface area contributed by atoms with Gasteiger partial charge in [-0.2, -0.15) is 5.10 Å². The molecule has 1 aromatic carbocycles. The fourth-order valence-electron chi connectivity index (χ4n) is 4.74. The predicted octanol–water partition coefficient (Wildman–Crippen LogP) is 2.67. The Morgan fingerprint density at radius 2 is 1.97 bits per heavy atom. The Morgan fingerprint density at radius 3 is 2.82 bits per heavy atom. The van der Waals surface area contributed by atoms with Gasteiger partial charge in [-0.15, -0.1) is 0 Å². The van der Waals surface area contributed by atoms with Crippen molar-refractivity contribution in [1.82, 2.24) is 25.4 Å². The van der Waals surface area contributed by atoms with E-state index in [9.17, 15) is 0 Å². The largest absolute Gasteiger partial charge is 0.469 e. The Labute approximate surface area is 194 Å². The van der Waals surface area contributed by atoms with E-state index < -0.39 is 0 Å². The highest BCUT2D eigenvalue weighted by molar-refractivity contribution is 5.80. The molecule has 1 aliphatic heterocycles. The zero-order chi connectivity index (χ0) is 22.5. The average molecular weight is 449 g/mol. The Balaban J connectivity index is 1.25. The number of furan rings is 1. The first-order chi connectivity index (χ1) is 16.3. The van der Waals surface area contributed by atoms with Crippen LogP contribution in [0.15, 0.2) is 52.1 Å². The van der Waals surface area contributed by atoms with Crippen LogP contribution in [0.25, 0.3) is 0 Å². The SMILES string of the molecule is COCc1nc2n(n1)CC(NC(=NCCc1ccco1)NC1CCc3ccccc3C1)CC2. The molecular weight excluding hydrogens is 416 g/mol. The summed E-state index contributed by atoms with van der Waals surface area (Å²) >= 11 is 0. The number of benzene rings is 1. The Bertz CT molecular complexity index is 1070. The van der Waals surface area contributed by atoms with Crippen LogP contribution in [0.3, 0.4) is 0 Å². The number of nitrogens with zero attached hydrogens (tertiary/aromatic N) is 4. The first-order valence-electron chi connectivity index (χ1n) is 11.8. The van der Waals surface area contributed by atoms with Crippen molar-refractivity contribution in [3.63, 3.8) is 0 Å². The van der Waals surface area contributed by atoms with Crippen LogP contribution in [-0.2, 0) is 43.6 Å². The molecule has 0 saturated heterocycles. The van der Waals surface area contributed by atoms with E-state index in [1.165, 1.54) is 11.1 Å². The van der Waals surface area contributed by atoms with E-state index in [-0.39, 0.29) is 6.04 Å². The van der Waals surface area contributed by atoms with Crippen LogP contribution >= 0.6 is 0 Å². The van der Waals surface area contributed by atoms with Crippen molar-refractivity contribution in [2.45, 2.75) is 63.8 Å². The van der Waals surface area contributed by atoms with E-state index in [1.807, 2.05) is 16.8 Å². The summed E-state index contributed by atoms with van der Waals surface area (Å²) in [6, 6.07) is 13.3. The second-order valence-electron chi connectivity index (χ2n) is 8.85. The minimum absolute atomic E-state index is 0.250. The van der Waals surface area contributed by atoms with Crippen LogP contribution in [0.4, 0.5) is 0 Å². The van der Waals surface area contributed by atoms with Crippen molar-refractivity contribution in [3.05, 3.63) is 71.2 Å². The molecule has 2 atom stereocenters. The number of fused-ring (bicyclic) bond motifs is 2. The predicted molar refractivity (Wildman–Crippen MR) is 126 cm³/mol. The van der Waals surface area contributed by atoms with Crippen molar-refractivity contribution in [3.8, 4) is 0 Å². The fraction of sp³-hybridized carbons (Fsp3) is 0.480. The first-order valence-corrected chi connectivity index (χ1v) is 11.8. The van der Waals surface area contributed by atoms with Crippen LogP contribution in [-0.4, -0.2) is 46.5 Å². The number of hydrogen-bond acceptors (Lipinski definition) is 5. The molecule has 0 bridgehead atoms. The average Bonchev–Trinajstić information content (AvgIpc) is 3.48. The van der Waals surface area contributed by atoms with Crippen LogP contribution in [0, 0.1) is 0 Å². The van der Waals surface area contributed by atoms with E-state index >= 15 is 0 Å². The lowest BCUT2D eigenvalue weighted by atomic mass is 9.88. The van der Waals surface area contributed by atoms with Crippen molar-refractivity contribution in [1.29, 1.82) is 0 Å². The topological polar surface area (TPSA) is 89.5 Å². The zero-order valence-electron chi connectivity index (χ0n) is 19.2. The summed E-state index contributed by atoms with van der Waals surface area (Å²) in [7, 11) is 1.67. The van der Waals surface area contributed by atoms with Gasteiger partial charge < -0.3 is 19.8 Å². The van der Waals surface area contributed by atoms with Crippen LogP contribution in [0.2, 0.25) is 0 Å².